The van der Waals surface area contributed by atoms with E-state index in [1.165, 1.54) is 22.3 Å². The van der Waals surface area contributed by atoms with Crippen molar-refractivity contribution in [3.05, 3.63) is 52.6 Å². The summed E-state index contributed by atoms with van der Waals surface area (Å²) in [7, 11) is 3.26. The number of nitrogens with one attached hydrogen (secondary N) is 1. The highest BCUT2D eigenvalue weighted by Crippen LogP contribution is 2.32. The van der Waals surface area contributed by atoms with E-state index in [4.69, 9.17) is 9.47 Å². The van der Waals surface area contributed by atoms with Gasteiger partial charge in [-0.15, -0.1) is 5.10 Å². The largest absolute Gasteiger partial charge is 0.497 e. The van der Waals surface area contributed by atoms with E-state index >= 15 is 0 Å². The van der Waals surface area contributed by atoms with Crippen LogP contribution >= 0.6 is 11.8 Å². The topological polar surface area (TPSA) is 60.0 Å². The molecule has 0 fully saturated rings. The number of ether oxygens (including phenoxy) is 2. The first-order valence-corrected chi connectivity index (χ1v) is 9.34. The number of hydrogen-bond donors (Lipinski definition) is 1. The number of aryl methyl sites for hydroxylation is 3. The van der Waals surface area contributed by atoms with Gasteiger partial charge in [-0.25, -0.2) is 4.98 Å². The third-order valence-electron chi connectivity index (χ3n) is 4.31. The molecule has 1 heterocycles. The van der Waals surface area contributed by atoms with Crippen LogP contribution in [0.25, 0.3) is 11.4 Å². The standard InChI is InChI=1S/C20H23N3O2S/c1-12-8-13(2)17(14(3)9-12)11-26-20-21-19(22-23-20)16-7-6-15(24-4)10-18(16)25-5/h6-10H,11H2,1-5H3,(H,21,22,23). The molecule has 0 bridgehead atoms. The molecule has 0 aliphatic carbocycles. The number of benzene rings is 2. The minimum absolute atomic E-state index is 0.685. The van der Waals surface area contributed by atoms with Crippen LogP contribution in [0.5, 0.6) is 11.5 Å². The maximum atomic E-state index is 5.45. The lowest BCUT2D eigenvalue weighted by Gasteiger charge is -2.09. The molecule has 2 aromatic carbocycles. The Morgan fingerprint density at radius 3 is 2.38 bits per heavy atom. The molecular formula is C20H23N3O2S. The molecule has 0 aliphatic heterocycles. The normalized spacial score (nSPS) is 10.8. The van der Waals surface area contributed by atoms with Crippen LogP contribution in [0.2, 0.25) is 0 Å². The second-order valence-electron chi connectivity index (χ2n) is 6.20. The van der Waals surface area contributed by atoms with Crippen molar-refractivity contribution in [3.63, 3.8) is 0 Å². The Hall–Kier alpha value is -2.47. The van der Waals surface area contributed by atoms with Crippen LogP contribution in [-0.4, -0.2) is 29.4 Å². The molecule has 0 saturated carbocycles. The summed E-state index contributed by atoms with van der Waals surface area (Å²) >= 11 is 1.63. The number of nitrogens with zero attached hydrogens (tertiary/aromatic N) is 2. The Morgan fingerprint density at radius 1 is 1.00 bits per heavy atom. The summed E-state index contributed by atoms with van der Waals surface area (Å²) in [6.07, 6.45) is 0. The van der Waals surface area contributed by atoms with Crippen molar-refractivity contribution in [3.8, 4) is 22.9 Å². The first-order valence-electron chi connectivity index (χ1n) is 8.36. The average Bonchev–Trinajstić information content (AvgIpc) is 3.09. The van der Waals surface area contributed by atoms with Gasteiger partial charge in [0.2, 0.25) is 5.16 Å². The van der Waals surface area contributed by atoms with Crippen molar-refractivity contribution in [1.82, 2.24) is 15.2 Å². The molecule has 26 heavy (non-hydrogen) atoms. The molecule has 0 spiro atoms. The van der Waals surface area contributed by atoms with E-state index < -0.39 is 0 Å². The minimum Gasteiger partial charge on any atom is -0.497 e. The van der Waals surface area contributed by atoms with E-state index in [0.717, 1.165) is 22.2 Å². The molecule has 3 aromatic rings. The third kappa shape index (κ3) is 3.85. The zero-order valence-corrected chi connectivity index (χ0v) is 16.5. The van der Waals surface area contributed by atoms with Gasteiger partial charge < -0.3 is 9.47 Å². The molecule has 1 aromatic heterocycles. The summed E-state index contributed by atoms with van der Waals surface area (Å²) < 4.78 is 10.7. The SMILES string of the molecule is COc1ccc(-c2nc(SCc3c(C)cc(C)cc3C)n[nH]2)c(OC)c1. The predicted molar refractivity (Wildman–Crippen MR) is 105 cm³/mol. The fraction of sp³-hybridized carbons (Fsp3) is 0.300. The molecule has 0 atom stereocenters. The van der Waals surface area contributed by atoms with Gasteiger partial charge >= 0.3 is 0 Å². The smallest absolute Gasteiger partial charge is 0.209 e. The quantitative estimate of drug-likeness (QED) is 0.638. The number of aromatic nitrogens is 3. The number of rotatable bonds is 6. The van der Waals surface area contributed by atoms with E-state index in [2.05, 4.69) is 48.1 Å². The van der Waals surface area contributed by atoms with Gasteiger partial charge in [-0.1, -0.05) is 29.5 Å². The number of thioether (sulfide) groups is 1. The number of aromatic amines is 1. The fourth-order valence-corrected chi connectivity index (χ4v) is 3.99. The Bertz CT molecular complexity index is 898. The van der Waals surface area contributed by atoms with Crippen molar-refractivity contribution in [2.24, 2.45) is 0 Å². The lowest BCUT2D eigenvalue weighted by Crippen LogP contribution is -1.93. The van der Waals surface area contributed by atoms with Gasteiger partial charge in [0.05, 0.1) is 19.8 Å². The highest BCUT2D eigenvalue weighted by atomic mass is 32.2. The van der Waals surface area contributed by atoms with Gasteiger partial charge in [-0.2, -0.15) is 0 Å². The van der Waals surface area contributed by atoms with Crippen LogP contribution in [0.1, 0.15) is 22.3 Å². The second-order valence-corrected chi connectivity index (χ2v) is 7.14. The van der Waals surface area contributed by atoms with Gasteiger partial charge in [0.15, 0.2) is 5.82 Å². The van der Waals surface area contributed by atoms with E-state index in [1.807, 2.05) is 18.2 Å². The van der Waals surface area contributed by atoms with E-state index in [9.17, 15) is 0 Å². The number of hydrogen-bond acceptors (Lipinski definition) is 5. The Kier molecular flexibility index (Phi) is 5.52. The van der Waals surface area contributed by atoms with Gasteiger partial charge in [0.25, 0.3) is 0 Å². The molecule has 5 nitrogen and oxygen atoms in total. The van der Waals surface area contributed by atoms with Crippen molar-refractivity contribution in [1.29, 1.82) is 0 Å². The third-order valence-corrected chi connectivity index (χ3v) is 5.19. The van der Waals surface area contributed by atoms with Crippen molar-refractivity contribution in [2.45, 2.75) is 31.7 Å². The van der Waals surface area contributed by atoms with Crippen LogP contribution in [-0.2, 0) is 5.75 Å². The molecule has 0 aliphatic rings. The van der Waals surface area contributed by atoms with Gasteiger partial charge in [0.1, 0.15) is 11.5 Å². The van der Waals surface area contributed by atoms with Crippen LogP contribution < -0.4 is 9.47 Å². The molecule has 6 heteroatoms. The summed E-state index contributed by atoms with van der Waals surface area (Å²) in [6.45, 7) is 6.43. The molecule has 0 saturated heterocycles. The maximum Gasteiger partial charge on any atom is 0.209 e. The van der Waals surface area contributed by atoms with Crippen LogP contribution in [0, 0.1) is 20.8 Å². The van der Waals surface area contributed by atoms with Gasteiger partial charge in [-0.05, 0) is 49.6 Å². The molecule has 3 rings (SSSR count). The fourth-order valence-electron chi connectivity index (χ4n) is 3.00. The van der Waals surface area contributed by atoms with E-state index in [-0.39, 0.29) is 0 Å². The van der Waals surface area contributed by atoms with E-state index in [0.29, 0.717) is 11.6 Å². The zero-order chi connectivity index (χ0) is 18.7. The van der Waals surface area contributed by atoms with Gasteiger partial charge in [-0.3, -0.25) is 5.10 Å². The van der Waals surface area contributed by atoms with Crippen LogP contribution in [0.4, 0.5) is 0 Å². The number of H-pyrrole nitrogens is 1. The molecule has 0 amide bonds. The minimum atomic E-state index is 0.685. The van der Waals surface area contributed by atoms with Crippen molar-refractivity contribution < 1.29 is 9.47 Å². The zero-order valence-electron chi connectivity index (χ0n) is 15.7. The first-order chi connectivity index (χ1) is 12.5. The molecule has 0 unspecified atom stereocenters. The summed E-state index contributed by atoms with van der Waals surface area (Å²) in [5, 5.41) is 8.07. The van der Waals surface area contributed by atoms with Gasteiger partial charge in [0, 0.05) is 11.8 Å². The monoisotopic (exact) mass is 369 g/mol. The Morgan fingerprint density at radius 2 is 1.73 bits per heavy atom. The molecule has 0 radical (unpaired) electrons. The Balaban J connectivity index is 1.79. The van der Waals surface area contributed by atoms with E-state index in [1.54, 1.807) is 26.0 Å². The highest BCUT2D eigenvalue weighted by molar-refractivity contribution is 7.98. The first kappa shape index (κ1) is 18.3. The van der Waals surface area contributed by atoms with Crippen molar-refractivity contribution in [2.75, 3.05) is 14.2 Å². The number of methoxy groups -OCH3 is 2. The molecule has 136 valence electrons. The summed E-state index contributed by atoms with van der Waals surface area (Å²) in [5.41, 5.74) is 6.11. The van der Waals surface area contributed by atoms with Crippen LogP contribution in [0.15, 0.2) is 35.5 Å². The highest BCUT2D eigenvalue weighted by Gasteiger charge is 2.13. The second kappa shape index (κ2) is 7.83. The molecule has 1 N–H and O–H groups in total. The average molecular weight is 369 g/mol. The summed E-state index contributed by atoms with van der Waals surface area (Å²) in [6, 6.07) is 10.1. The maximum absolute atomic E-state index is 5.45. The molecular weight excluding hydrogens is 346 g/mol. The lowest BCUT2D eigenvalue weighted by atomic mass is 10.0. The van der Waals surface area contributed by atoms with Crippen molar-refractivity contribution >= 4 is 11.8 Å². The predicted octanol–water partition coefficient (Wildman–Crippen LogP) is 4.71. The van der Waals surface area contributed by atoms with Crippen LogP contribution in [0.3, 0.4) is 0 Å². The Labute approximate surface area is 158 Å². The summed E-state index contributed by atoms with van der Waals surface area (Å²) in [5.74, 6) is 2.96. The lowest BCUT2D eigenvalue weighted by molar-refractivity contribution is 0.395. The summed E-state index contributed by atoms with van der Waals surface area (Å²) in [4.78, 5) is 4.61.